The number of hydrogen-bond acceptors (Lipinski definition) is 4. The molecule has 0 unspecified atom stereocenters. The van der Waals surface area contributed by atoms with Crippen molar-refractivity contribution in [3.63, 3.8) is 0 Å². The van der Waals surface area contributed by atoms with Gasteiger partial charge in [0.2, 0.25) is 11.7 Å². The van der Waals surface area contributed by atoms with Crippen molar-refractivity contribution in [3.8, 4) is 11.4 Å². The van der Waals surface area contributed by atoms with Gasteiger partial charge in [0.1, 0.15) is 0 Å². The Morgan fingerprint density at radius 3 is 2.56 bits per heavy atom. The van der Waals surface area contributed by atoms with Gasteiger partial charge in [-0.15, -0.1) is 0 Å². The monoisotopic (exact) mass is 339 g/mol. The van der Waals surface area contributed by atoms with Crippen LogP contribution in [0.25, 0.3) is 11.4 Å². The summed E-state index contributed by atoms with van der Waals surface area (Å²) in [6, 6.07) is 7.43. The van der Waals surface area contributed by atoms with Crippen LogP contribution in [0.15, 0.2) is 40.4 Å². The smallest absolute Gasteiger partial charge is 0.254 e. The summed E-state index contributed by atoms with van der Waals surface area (Å²) < 4.78 is 5.34. The fourth-order valence-electron chi connectivity index (χ4n) is 2.80. The van der Waals surface area contributed by atoms with Crippen LogP contribution in [0, 0.1) is 5.41 Å². The van der Waals surface area contributed by atoms with Gasteiger partial charge in [0.25, 0.3) is 5.91 Å². The highest BCUT2D eigenvalue weighted by atomic mass is 16.5. The summed E-state index contributed by atoms with van der Waals surface area (Å²) in [5.74, 6) is 1.27. The lowest BCUT2D eigenvalue weighted by Crippen LogP contribution is -2.34. The number of carbonyl (C=O) groups is 1. The molecule has 0 radical (unpaired) electrons. The van der Waals surface area contributed by atoms with E-state index in [1.165, 1.54) is 5.57 Å². The van der Waals surface area contributed by atoms with Gasteiger partial charge in [-0.3, -0.25) is 4.79 Å². The molecule has 1 aromatic heterocycles. The van der Waals surface area contributed by atoms with Gasteiger partial charge >= 0.3 is 0 Å². The molecule has 0 N–H and O–H groups in total. The number of carbonyl (C=O) groups excluding carboxylic acids is 1. The maximum atomic E-state index is 12.6. The van der Waals surface area contributed by atoms with E-state index < -0.39 is 0 Å². The van der Waals surface area contributed by atoms with Crippen molar-refractivity contribution in [2.75, 3.05) is 13.1 Å². The number of aromatic nitrogens is 2. The highest BCUT2D eigenvalue weighted by Crippen LogP contribution is 2.23. The molecule has 5 nitrogen and oxygen atoms in total. The molecule has 1 aliphatic rings. The topological polar surface area (TPSA) is 59.2 Å². The first-order valence-corrected chi connectivity index (χ1v) is 8.70. The molecule has 0 saturated carbocycles. The lowest BCUT2D eigenvalue weighted by Gasteiger charge is -2.25. The Kier molecular flexibility index (Phi) is 4.75. The minimum atomic E-state index is 0.0665. The molecule has 0 aliphatic carbocycles. The summed E-state index contributed by atoms with van der Waals surface area (Å²) >= 11 is 0. The molecule has 1 amide bonds. The Morgan fingerprint density at radius 1 is 1.24 bits per heavy atom. The van der Waals surface area contributed by atoms with Crippen molar-refractivity contribution < 1.29 is 9.32 Å². The molecular weight excluding hydrogens is 314 g/mol. The molecule has 0 spiro atoms. The Bertz CT molecular complexity index is 782. The van der Waals surface area contributed by atoms with Gasteiger partial charge in [-0.25, -0.2) is 0 Å². The first-order chi connectivity index (χ1) is 11.8. The maximum Gasteiger partial charge on any atom is 0.254 e. The van der Waals surface area contributed by atoms with E-state index in [-0.39, 0.29) is 11.3 Å². The number of nitrogens with zero attached hydrogens (tertiary/aromatic N) is 3. The molecule has 5 heteroatoms. The standard InChI is InChI=1S/C20H25N3O2/c1-14-9-11-23(12-10-14)19(24)16-7-5-15(6-8-16)18-21-17(25-22-18)13-20(2,3)4/h5-9H,10-13H2,1-4H3. The molecule has 1 aliphatic heterocycles. The van der Waals surface area contributed by atoms with E-state index in [1.54, 1.807) is 0 Å². The quantitative estimate of drug-likeness (QED) is 0.789. The van der Waals surface area contributed by atoms with Crippen LogP contribution in [0.1, 0.15) is 50.4 Å². The zero-order valence-electron chi connectivity index (χ0n) is 15.4. The largest absolute Gasteiger partial charge is 0.339 e. The zero-order chi connectivity index (χ0) is 18.0. The van der Waals surface area contributed by atoms with Gasteiger partial charge in [0, 0.05) is 30.6 Å². The van der Waals surface area contributed by atoms with E-state index >= 15 is 0 Å². The fraction of sp³-hybridized carbons (Fsp3) is 0.450. The van der Waals surface area contributed by atoms with E-state index in [1.807, 2.05) is 29.2 Å². The molecule has 0 atom stereocenters. The second kappa shape index (κ2) is 6.82. The van der Waals surface area contributed by atoms with Gasteiger partial charge in [0.15, 0.2) is 0 Å². The van der Waals surface area contributed by atoms with E-state index in [0.717, 1.165) is 24.9 Å². The fourth-order valence-corrected chi connectivity index (χ4v) is 2.80. The third-order valence-electron chi connectivity index (χ3n) is 4.26. The predicted octanol–water partition coefficient (Wildman–Crippen LogP) is 4.12. The van der Waals surface area contributed by atoms with Crippen LogP contribution >= 0.6 is 0 Å². The zero-order valence-corrected chi connectivity index (χ0v) is 15.4. The Balaban J connectivity index is 1.71. The molecule has 132 valence electrons. The van der Waals surface area contributed by atoms with Gasteiger partial charge in [0.05, 0.1) is 0 Å². The second-order valence-corrected chi connectivity index (χ2v) is 7.88. The molecule has 2 heterocycles. The molecule has 0 saturated heterocycles. The Morgan fingerprint density at radius 2 is 1.96 bits per heavy atom. The summed E-state index contributed by atoms with van der Waals surface area (Å²) in [4.78, 5) is 18.9. The number of benzene rings is 1. The van der Waals surface area contributed by atoms with Crippen molar-refractivity contribution in [3.05, 3.63) is 47.4 Å². The number of rotatable bonds is 3. The molecule has 3 rings (SSSR count). The first kappa shape index (κ1) is 17.4. The summed E-state index contributed by atoms with van der Waals surface area (Å²) in [5.41, 5.74) is 2.99. The minimum Gasteiger partial charge on any atom is -0.339 e. The van der Waals surface area contributed by atoms with E-state index in [2.05, 4.69) is 43.9 Å². The third-order valence-corrected chi connectivity index (χ3v) is 4.26. The number of amides is 1. The summed E-state index contributed by atoms with van der Waals surface area (Å²) in [5, 5.41) is 4.05. The molecule has 0 fully saturated rings. The lowest BCUT2D eigenvalue weighted by atomic mass is 9.92. The normalized spacial score (nSPS) is 15.2. The molecule has 0 bridgehead atoms. The summed E-state index contributed by atoms with van der Waals surface area (Å²) in [6.45, 7) is 9.98. The van der Waals surface area contributed by atoms with Crippen LogP contribution < -0.4 is 0 Å². The van der Waals surface area contributed by atoms with Gasteiger partial charge < -0.3 is 9.42 Å². The predicted molar refractivity (Wildman–Crippen MR) is 97.2 cm³/mol. The van der Waals surface area contributed by atoms with E-state index in [4.69, 9.17) is 4.52 Å². The highest BCUT2D eigenvalue weighted by Gasteiger charge is 2.19. The van der Waals surface area contributed by atoms with Crippen molar-refractivity contribution >= 4 is 5.91 Å². The van der Waals surface area contributed by atoms with Crippen LogP contribution in [0.5, 0.6) is 0 Å². The molecule has 2 aromatic rings. The van der Waals surface area contributed by atoms with Crippen molar-refractivity contribution in [2.24, 2.45) is 5.41 Å². The SMILES string of the molecule is CC1=CCN(C(=O)c2ccc(-c3noc(CC(C)(C)C)n3)cc2)CC1. The molecule has 25 heavy (non-hydrogen) atoms. The Labute approximate surface area is 148 Å². The van der Waals surface area contributed by atoms with Crippen LogP contribution in [0.4, 0.5) is 0 Å². The maximum absolute atomic E-state index is 12.6. The van der Waals surface area contributed by atoms with E-state index in [9.17, 15) is 4.79 Å². The summed E-state index contributed by atoms with van der Waals surface area (Å²) in [6.07, 6.45) is 3.80. The first-order valence-electron chi connectivity index (χ1n) is 8.70. The lowest BCUT2D eigenvalue weighted by molar-refractivity contribution is 0.0769. The second-order valence-electron chi connectivity index (χ2n) is 7.88. The van der Waals surface area contributed by atoms with Crippen molar-refractivity contribution in [2.45, 2.75) is 40.5 Å². The van der Waals surface area contributed by atoms with Crippen LogP contribution in [-0.4, -0.2) is 34.0 Å². The minimum absolute atomic E-state index is 0.0665. The average molecular weight is 339 g/mol. The van der Waals surface area contributed by atoms with Crippen molar-refractivity contribution in [1.29, 1.82) is 0 Å². The summed E-state index contributed by atoms with van der Waals surface area (Å²) in [7, 11) is 0. The Hall–Kier alpha value is -2.43. The van der Waals surface area contributed by atoms with Gasteiger partial charge in [-0.2, -0.15) is 4.98 Å². The van der Waals surface area contributed by atoms with Crippen LogP contribution in [0.3, 0.4) is 0 Å². The highest BCUT2D eigenvalue weighted by molar-refractivity contribution is 5.94. The van der Waals surface area contributed by atoms with Gasteiger partial charge in [-0.05, 0) is 30.9 Å². The van der Waals surface area contributed by atoms with Crippen LogP contribution in [0.2, 0.25) is 0 Å². The molecular formula is C20H25N3O2. The van der Waals surface area contributed by atoms with Crippen molar-refractivity contribution in [1.82, 2.24) is 15.0 Å². The third kappa shape index (κ3) is 4.35. The van der Waals surface area contributed by atoms with E-state index in [0.29, 0.717) is 23.8 Å². The average Bonchev–Trinajstić information content (AvgIpc) is 3.01. The van der Waals surface area contributed by atoms with Gasteiger partial charge in [-0.1, -0.05) is 49.7 Å². The van der Waals surface area contributed by atoms with Crippen LogP contribution in [-0.2, 0) is 6.42 Å². The number of hydrogen-bond donors (Lipinski definition) is 0. The molecule has 1 aromatic carbocycles.